The highest BCUT2D eigenvalue weighted by Gasteiger charge is 2.19. The van der Waals surface area contributed by atoms with Gasteiger partial charge in [-0.3, -0.25) is 14.4 Å². The van der Waals surface area contributed by atoms with E-state index in [0.29, 0.717) is 11.4 Å². The summed E-state index contributed by atoms with van der Waals surface area (Å²) in [5.74, 6) is 0.227. The van der Waals surface area contributed by atoms with Crippen molar-refractivity contribution in [2.45, 2.75) is 38.8 Å². The van der Waals surface area contributed by atoms with E-state index >= 15 is 0 Å². The van der Waals surface area contributed by atoms with Gasteiger partial charge in [-0.25, -0.2) is 4.98 Å². The first-order valence-electron chi connectivity index (χ1n) is 10.2. The zero-order valence-corrected chi connectivity index (χ0v) is 16.9. The van der Waals surface area contributed by atoms with Gasteiger partial charge in [0.2, 0.25) is 5.91 Å². The summed E-state index contributed by atoms with van der Waals surface area (Å²) in [4.78, 5) is 46.9. The van der Waals surface area contributed by atoms with Crippen LogP contribution in [-0.4, -0.2) is 44.3 Å². The summed E-state index contributed by atoms with van der Waals surface area (Å²) in [7, 11) is 0. The van der Waals surface area contributed by atoms with E-state index < -0.39 is 0 Å². The lowest BCUT2D eigenvalue weighted by Gasteiger charge is -2.27. The first-order valence-corrected chi connectivity index (χ1v) is 10.2. The first kappa shape index (κ1) is 19.9. The van der Waals surface area contributed by atoms with Crippen LogP contribution >= 0.6 is 0 Å². The highest BCUT2D eigenvalue weighted by Crippen LogP contribution is 2.16. The minimum absolute atomic E-state index is 0.0565. The van der Waals surface area contributed by atoms with E-state index in [4.69, 9.17) is 0 Å². The predicted octanol–water partition coefficient (Wildman–Crippen LogP) is 2.23. The van der Waals surface area contributed by atoms with Gasteiger partial charge >= 0.3 is 0 Å². The average molecular weight is 407 g/mol. The van der Waals surface area contributed by atoms with Gasteiger partial charge in [0.25, 0.3) is 11.5 Å². The number of carbonyl (C=O) groups is 2. The molecule has 1 saturated heterocycles. The number of piperidine rings is 1. The number of benzene rings is 1. The fourth-order valence-electron chi connectivity index (χ4n) is 3.70. The number of aromatic amines is 1. The second-order valence-electron chi connectivity index (χ2n) is 7.66. The van der Waals surface area contributed by atoms with Gasteiger partial charge in [-0.15, -0.1) is 0 Å². The largest absolute Gasteiger partial charge is 0.342 e. The number of nitrogens with zero attached hydrogens (tertiary/aromatic N) is 3. The number of pyridine rings is 1. The van der Waals surface area contributed by atoms with Gasteiger partial charge in [0.1, 0.15) is 12.4 Å². The Morgan fingerprint density at radius 3 is 2.67 bits per heavy atom. The van der Waals surface area contributed by atoms with E-state index in [2.05, 4.69) is 15.3 Å². The second kappa shape index (κ2) is 8.52. The van der Waals surface area contributed by atoms with Crippen LogP contribution in [0.5, 0.6) is 0 Å². The summed E-state index contributed by atoms with van der Waals surface area (Å²) >= 11 is 0. The van der Waals surface area contributed by atoms with Gasteiger partial charge in [0, 0.05) is 25.4 Å². The smallest absolute Gasteiger partial charge is 0.253 e. The van der Waals surface area contributed by atoms with Crippen molar-refractivity contribution in [3.63, 3.8) is 0 Å². The van der Waals surface area contributed by atoms with E-state index in [9.17, 15) is 14.4 Å². The van der Waals surface area contributed by atoms with Crippen molar-refractivity contribution in [1.29, 1.82) is 0 Å². The van der Waals surface area contributed by atoms with Crippen molar-refractivity contribution in [2.75, 3.05) is 13.1 Å². The van der Waals surface area contributed by atoms with Gasteiger partial charge in [-0.05, 0) is 44.4 Å². The minimum atomic E-state index is -0.347. The van der Waals surface area contributed by atoms with Gasteiger partial charge < -0.3 is 19.8 Å². The third-order valence-electron chi connectivity index (χ3n) is 5.43. The molecule has 0 unspecified atom stereocenters. The number of H-pyrrole nitrogens is 1. The van der Waals surface area contributed by atoms with E-state index in [1.807, 2.05) is 31.2 Å². The monoisotopic (exact) mass is 407 g/mol. The number of imidazole rings is 1. The van der Waals surface area contributed by atoms with Crippen molar-refractivity contribution in [2.24, 2.45) is 0 Å². The molecule has 1 aliphatic rings. The third kappa shape index (κ3) is 4.27. The molecule has 0 aliphatic carbocycles. The number of fused-ring (bicyclic) bond motifs is 1. The number of carbonyl (C=O) groups excluding carboxylic acids is 2. The van der Waals surface area contributed by atoms with Crippen LogP contribution in [0.1, 0.15) is 48.4 Å². The Morgan fingerprint density at radius 2 is 1.90 bits per heavy atom. The first-order chi connectivity index (χ1) is 14.5. The van der Waals surface area contributed by atoms with Crippen molar-refractivity contribution in [1.82, 2.24) is 24.8 Å². The molecule has 1 fully saturated rings. The lowest BCUT2D eigenvalue weighted by atomic mass is 10.1. The topological polar surface area (TPSA) is 100 Å². The Hall–Kier alpha value is -3.42. The highest BCUT2D eigenvalue weighted by molar-refractivity contribution is 5.94. The summed E-state index contributed by atoms with van der Waals surface area (Å²) in [6.07, 6.45) is 4.55. The summed E-state index contributed by atoms with van der Waals surface area (Å²) in [6, 6.07) is 10.1. The molecule has 8 nitrogen and oxygen atoms in total. The molecule has 0 spiro atoms. The number of nitrogens with one attached hydrogen (secondary N) is 2. The Balaban J connectivity index is 1.46. The minimum Gasteiger partial charge on any atom is -0.342 e. The van der Waals surface area contributed by atoms with Crippen molar-refractivity contribution < 1.29 is 9.59 Å². The Kier molecular flexibility index (Phi) is 5.65. The van der Waals surface area contributed by atoms with Gasteiger partial charge in [-0.1, -0.05) is 12.1 Å². The van der Waals surface area contributed by atoms with Gasteiger partial charge in [0.05, 0.1) is 22.6 Å². The molecule has 0 radical (unpaired) electrons. The maximum atomic E-state index is 12.7. The molecule has 30 heavy (non-hydrogen) atoms. The summed E-state index contributed by atoms with van der Waals surface area (Å²) in [5.41, 5.74) is 1.75. The molecule has 2 amide bonds. The summed E-state index contributed by atoms with van der Waals surface area (Å²) < 4.78 is 1.30. The lowest BCUT2D eigenvalue weighted by molar-refractivity contribution is -0.132. The average Bonchev–Trinajstić information content (AvgIpc) is 3.20. The molecule has 0 saturated carbocycles. The number of hydrogen-bond donors (Lipinski definition) is 2. The Morgan fingerprint density at radius 1 is 1.13 bits per heavy atom. The van der Waals surface area contributed by atoms with Crippen LogP contribution in [-0.2, 0) is 11.3 Å². The molecular formula is C22H25N5O3. The third-order valence-corrected chi connectivity index (χ3v) is 5.43. The van der Waals surface area contributed by atoms with Gasteiger partial charge in [0.15, 0.2) is 0 Å². The van der Waals surface area contributed by atoms with Crippen LogP contribution in [0.3, 0.4) is 0 Å². The predicted molar refractivity (Wildman–Crippen MR) is 113 cm³/mol. The highest BCUT2D eigenvalue weighted by atomic mass is 16.2. The number of hydrogen-bond acceptors (Lipinski definition) is 4. The quantitative estimate of drug-likeness (QED) is 0.677. The van der Waals surface area contributed by atoms with Crippen LogP contribution in [0, 0.1) is 0 Å². The summed E-state index contributed by atoms with van der Waals surface area (Å²) in [6.45, 7) is 3.23. The van der Waals surface area contributed by atoms with Crippen LogP contribution in [0.25, 0.3) is 11.0 Å². The van der Waals surface area contributed by atoms with Gasteiger partial charge in [-0.2, -0.15) is 0 Å². The molecule has 3 heterocycles. The van der Waals surface area contributed by atoms with Crippen molar-refractivity contribution in [3.05, 3.63) is 64.3 Å². The van der Waals surface area contributed by atoms with Crippen LogP contribution in [0.15, 0.2) is 47.4 Å². The second-order valence-corrected chi connectivity index (χ2v) is 7.66. The fourth-order valence-corrected chi connectivity index (χ4v) is 3.70. The molecule has 8 heteroatoms. The molecule has 1 aromatic carbocycles. The Labute approximate surface area is 173 Å². The van der Waals surface area contributed by atoms with E-state index in [0.717, 1.165) is 43.4 Å². The van der Waals surface area contributed by atoms with Crippen LogP contribution in [0.4, 0.5) is 0 Å². The maximum Gasteiger partial charge on any atom is 0.253 e. The van der Waals surface area contributed by atoms with Crippen molar-refractivity contribution in [3.8, 4) is 0 Å². The van der Waals surface area contributed by atoms with E-state index in [1.165, 1.54) is 22.9 Å². The number of aromatic nitrogens is 3. The number of rotatable bonds is 5. The standard InChI is InChI=1S/C22H25N5O3/c1-15(21-24-17-7-3-4-8-18(17)25-21)23-22(30)16-9-10-19(28)27(13-16)14-20(29)26-11-5-2-6-12-26/h3-4,7-10,13,15H,2,5-6,11-12,14H2,1H3,(H,23,30)(H,24,25)/t15-/m1/s1. The molecule has 3 aromatic rings. The number of para-hydroxylation sites is 2. The fraction of sp³-hybridized carbons (Fsp3) is 0.364. The molecule has 1 atom stereocenters. The molecule has 4 rings (SSSR count). The zero-order valence-electron chi connectivity index (χ0n) is 16.9. The number of likely N-dealkylation sites (tertiary alicyclic amines) is 1. The van der Waals surface area contributed by atoms with Crippen LogP contribution < -0.4 is 10.9 Å². The maximum absolute atomic E-state index is 12.7. The summed E-state index contributed by atoms with van der Waals surface area (Å²) in [5, 5.41) is 2.89. The zero-order chi connectivity index (χ0) is 21.1. The lowest BCUT2D eigenvalue weighted by Crippen LogP contribution is -2.39. The molecule has 2 aromatic heterocycles. The SMILES string of the molecule is C[C@@H](NC(=O)c1ccc(=O)n(CC(=O)N2CCCCC2)c1)c1nc2ccccc2[nH]1. The van der Waals surface area contributed by atoms with Crippen LogP contribution in [0.2, 0.25) is 0 Å². The molecule has 2 N–H and O–H groups in total. The van der Waals surface area contributed by atoms with E-state index in [-0.39, 0.29) is 30.0 Å². The number of amides is 2. The normalized spacial score (nSPS) is 15.2. The Bertz CT molecular complexity index is 1090. The molecular weight excluding hydrogens is 382 g/mol. The molecule has 156 valence electrons. The van der Waals surface area contributed by atoms with E-state index in [1.54, 1.807) is 4.90 Å². The molecule has 0 bridgehead atoms. The molecule has 1 aliphatic heterocycles. The van der Waals surface area contributed by atoms with Crippen molar-refractivity contribution >= 4 is 22.8 Å².